The second-order valence-electron chi connectivity index (χ2n) is 5.42. The van der Waals surface area contributed by atoms with Crippen molar-refractivity contribution in [1.82, 2.24) is 0 Å². The summed E-state index contributed by atoms with van der Waals surface area (Å²) >= 11 is 0. The van der Waals surface area contributed by atoms with Crippen molar-refractivity contribution in [2.75, 3.05) is 21.3 Å². The molecule has 5 heteroatoms. The van der Waals surface area contributed by atoms with Crippen LogP contribution < -0.4 is 9.47 Å². The summed E-state index contributed by atoms with van der Waals surface area (Å²) in [6.07, 6.45) is 4.56. The van der Waals surface area contributed by atoms with E-state index in [2.05, 4.69) is 4.74 Å². The molecule has 0 amide bonds. The molecule has 132 valence electrons. The zero-order valence-corrected chi connectivity index (χ0v) is 14.6. The highest BCUT2D eigenvalue weighted by molar-refractivity contribution is 5.74. The number of carbonyl (C=O) groups excluding carboxylic acids is 1. The van der Waals surface area contributed by atoms with Gasteiger partial charge in [0.2, 0.25) is 0 Å². The zero-order chi connectivity index (χ0) is 18.2. The first kappa shape index (κ1) is 18.4. The van der Waals surface area contributed by atoms with E-state index in [1.165, 1.54) is 7.11 Å². The van der Waals surface area contributed by atoms with Gasteiger partial charge in [0.1, 0.15) is 5.75 Å². The van der Waals surface area contributed by atoms with E-state index in [9.17, 15) is 9.90 Å². The Hall–Kier alpha value is -2.95. The number of esters is 1. The number of aromatic hydroxyl groups is 1. The average molecular weight is 342 g/mol. The molecule has 0 fully saturated rings. The first-order valence-corrected chi connectivity index (χ1v) is 7.86. The third kappa shape index (κ3) is 5.01. The van der Waals surface area contributed by atoms with Crippen molar-refractivity contribution in [2.45, 2.75) is 12.8 Å². The Labute approximate surface area is 147 Å². The number of benzene rings is 2. The van der Waals surface area contributed by atoms with E-state index in [0.29, 0.717) is 29.9 Å². The van der Waals surface area contributed by atoms with Gasteiger partial charge >= 0.3 is 5.97 Å². The van der Waals surface area contributed by atoms with Crippen LogP contribution in [0.1, 0.15) is 23.1 Å². The minimum absolute atomic E-state index is 0.179. The van der Waals surface area contributed by atoms with Crippen molar-refractivity contribution in [1.29, 1.82) is 0 Å². The summed E-state index contributed by atoms with van der Waals surface area (Å²) < 4.78 is 15.1. The van der Waals surface area contributed by atoms with Gasteiger partial charge in [-0.05, 0) is 41.8 Å². The van der Waals surface area contributed by atoms with Crippen LogP contribution in [0.15, 0.2) is 36.4 Å². The number of methoxy groups -OCH3 is 3. The highest BCUT2D eigenvalue weighted by Crippen LogP contribution is 2.29. The molecular formula is C20H22O5. The number of hydrogen-bond donors (Lipinski definition) is 1. The van der Waals surface area contributed by atoms with Gasteiger partial charge in [0, 0.05) is 12.0 Å². The first-order chi connectivity index (χ1) is 12.1. The Morgan fingerprint density at radius 1 is 1.00 bits per heavy atom. The summed E-state index contributed by atoms with van der Waals surface area (Å²) in [6.45, 7) is 0. The van der Waals surface area contributed by atoms with Crippen LogP contribution in [0.3, 0.4) is 0 Å². The van der Waals surface area contributed by atoms with Gasteiger partial charge in [-0.1, -0.05) is 24.3 Å². The normalized spacial score (nSPS) is 10.7. The van der Waals surface area contributed by atoms with E-state index >= 15 is 0 Å². The van der Waals surface area contributed by atoms with E-state index in [-0.39, 0.29) is 11.7 Å². The van der Waals surface area contributed by atoms with Gasteiger partial charge in [0.25, 0.3) is 0 Å². The molecule has 0 bridgehead atoms. The SMILES string of the molecule is COC(=O)CCc1ccc(O)c(C=Cc2ccc(OC)c(OC)c2)c1. The monoisotopic (exact) mass is 342 g/mol. The quantitative estimate of drug-likeness (QED) is 0.614. The van der Waals surface area contributed by atoms with Gasteiger partial charge in [-0.15, -0.1) is 0 Å². The Kier molecular flexibility index (Phi) is 6.46. The van der Waals surface area contributed by atoms with E-state index in [1.54, 1.807) is 26.4 Å². The molecule has 0 radical (unpaired) electrons. The number of carbonyl (C=O) groups is 1. The third-order valence-electron chi connectivity index (χ3n) is 3.80. The van der Waals surface area contributed by atoms with Crippen molar-refractivity contribution >= 4 is 18.1 Å². The Balaban J connectivity index is 2.18. The molecule has 5 nitrogen and oxygen atoms in total. The fourth-order valence-corrected chi connectivity index (χ4v) is 2.38. The molecule has 2 aromatic carbocycles. The number of phenolic OH excluding ortho intramolecular Hbond substituents is 1. The fourth-order valence-electron chi connectivity index (χ4n) is 2.38. The van der Waals surface area contributed by atoms with Crippen LogP contribution in [-0.4, -0.2) is 32.4 Å². The van der Waals surface area contributed by atoms with Gasteiger partial charge < -0.3 is 19.3 Å². The van der Waals surface area contributed by atoms with Crippen molar-refractivity contribution in [3.63, 3.8) is 0 Å². The number of ether oxygens (including phenoxy) is 3. The molecule has 0 aliphatic carbocycles. The summed E-state index contributed by atoms with van der Waals surface area (Å²) in [5.74, 6) is 1.22. The lowest BCUT2D eigenvalue weighted by Crippen LogP contribution is -2.01. The maximum absolute atomic E-state index is 11.3. The molecule has 0 aliphatic rings. The molecular weight excluding hydrogens is 320 g/mol. The maximum atomic E-state index is 11.3. The van der Waals surface area contributed by atoms with Crippen LogP contribution >= 0.6 is 0 Å². The van der Waals surface area contributed by atoms with Crippen molar-refractivity contribution in [3.05, 3.63) is 53.1 Å². The van der Waals surface area contributed by atoms with Crippen LogP contribution in [0.2, 0.25) is 0 Å². The third-order valence-corrected chi connectivity index (χ3v) is 3.80. The van der Waals surface area contributed by atoms with Crippen molar-refractivity contribution in [3.8, 4) is 17.2 Å². The smallest absolute Gasteiger partial charge is 0.305 e. The maximum Gasteiger partial charge on any atom is 0.305 e. The molecule has 0 saturated heterocycles. The molecule has 0 heterocycles. The molecule has 25 heavy (non-hydrogen) atoms. The van der Waals surface area contributed by atoms with Gasteiger partial charge in [-0.25, -0.2) is 0 Å². The fraction of sp³-hybridized carbons (Fsp3) is 0.250. The van der Waals surface area contributed by atoms with Crippen LogP contribution in [0.4, 0.5) is 0 Å². The van der Waals surface area contributed by atoms with Crippen molar-refractivity contribution in [2.24, 2.45) is 0 Å². The summed E-state index contributed by atoms with van der Waals surface area (Å²) in [6, 6.07) is 10.9. The number of hydrogen-bond acceptors (Lipinski definition) is 5. The average Bonchev–Trinajstić information content (AvgIpc) is 2.65. The van der Waals surface area contributed by atoms with E-state index in [1.807, 2.05) is 36.4 Å². The second-order valence-corrected chi connectivity index (χ2v) is 5.42. The molecule has 0 spiro atoms. The van der Waals surface area contributed by atoms with Gasteiger partial charge in [0.05, 0.1) is 21.3 Å². The summed E-state index contributed by atoms with van der Waals surface area (Å²) in [5.41, 5.74) is 2.55. The lowest BCUT2D eigenvalue weighted by atomic mass is 10.0. The molecule has 0 aliphatic heterocycles. The zero-order valence-electron chi connectivity index (χ0n) is 14.6. The summed E-state index contributed by atoms with van der Waals surface area (Å²) in [7, 11) is 4.55. The second kappa shape index (κ2) is 8.78. The van der Waals surface area contributed by atoms with Crippen LogP contribution in [0.5, 0.6) is 17.2 Å². The van der Waals surface area contributed by atoms with Crippen LogP contribution in [0, 0.1) is 0 Å². The first-order valence-electron chi connectivity index (χ1n) is 7.86. The molecule has 0 atom stereocenters. The van der Waals surface area contributed by atoms with Gasteiger partial charge in [-0.3, -0.25) is 4.79 Å². The Morgan fingerprint density at radius 3 is 2.44 bits per heavy atom. The predicted octanol–water partition coefficient (Wildman–Crippen LogP) is 3.69. The lowest BCUT2D eigenvalue weighted by molar-refractivity contribution is -0.140. The predicted molar refractivity (Wildman–Crippen MR) is 96.9 cm³/mol. The van der Waals surface area contributed by atoms with E-state index in [4.69, 9.17) is 9.47 Å². The highest BCUT2D eigenvalue weighted by atomic mass is 16.5. The molecule has 2 aromatic rings. The van der Waals surface area contributed by atoms with E-state index < -0.39 is 0 Å². The standard InChI is InChI=1S/C20H22O5/c1-23-18-10-6-15(13-19(18)24-2)4-8-16-12-14(5-9-17(16)21)7-11-20(22)25-3/h4-6,8-10,12-13,21H,7,11H2,1-3H3. The number of phenols is 1. The lowest BCUT2D eigenvalue weighted by Gasteiger charge is -2.08. The Morgan fingerprint density at radius 2 is 1.76 bits per heavy atom. The summed E-state index contributed by atoms with van der Waals surface area (Å²) in [4.78, 5) is 11.3. The largest absolute Gasteiger partial charge is 0.507 e. The molecule has 1 N–H and O–H groups in total. The van der Waals surface area contributed by atoms with Crippen LogP contribution in [-0.2, 0) is 16.0 Å². The topological polar surface area (TPSA) is 65.0 Å². The van der Waals surface area contributed by atoms with Gasteiger partial charge in [0.15, 0.2) is 11.5 Å². The molecule has 2 rings (SSSR count). The highest BCUT2D eigenvalue weighted by Gasteiger charge is 2.05. The minimum Gasteiger partial charge on any atom is -0.507 e. The Bertz CT molecular complexity index is 765. The summed E-state index contributed by atoms with van der Waals surface area (Å²) in [5, 5.41) is 10.0. The van der Waals surface area contributed by atoms with Crippen LogP contribution in [0.25, 0.3) is 12.2 Å². The molecule has 0 aromatic heterocycles. The number of rotatable bonds is 7. The molecule has 0 saturated carbocycles. The van der Waals surface area contributed by atoms with Crippen molar-refractivity contribution < 1.29 is 24.1 Å². The number of aryl methyl sites for hydroxylation is 1. The minimum atomic E-state index is -0.254. The van der Waals surface area contributed by atoms with E-state index in [0.717, 1.165) is 11.1 Å². The molecule has 0 unspecified atom stereocenters. The van der Waals surface area contributed by atoms with Gasteiger partial charge in [-0.2, -0.15) is 0 Å².